The second kappa shape index (κ2) is 3.83. The molecule has 0 aromatic heterocycles. The molecule has 0 amide bonds. The number of aliphatic hydroxyl groups excluding tert-OH is 1. The van der Waals surface area contributed by atoms with Gasteiger partial charge in [-0.3, -0.25) is 0 Å². The van der Waals surface area contributed by atoms with Crippen LogP contribution in [-0.4, -0.2) is 11.7 Å². The van der Waals surface area contributed by atoms with Gasteiger partial charge in [-0.05, 0) is 18.6 Å². The molecule has 1 nitrogen and oxygen atoms in total. The standard InChI is InChI=1S/C10H12F2O/c1-6-3-4-8(11)9(10(6)12)7(2)5-13/h3-4,7,13H,5H2,1-2H3. The summed E-state index contributed by atoms with van der Waals surface area (Å²) in [5.74, 6) is -1.65. The lowest BCUT2D eigenvalue weighted by Crippen LogP contribution is -2.06. The molecule has 0 aliphatic carbocycles. The summed E-state index contributed by atoms with van der Waals surface area (Å²) in [6.07, 6.45) is 0. The van der Waals surface area contributed by atoms with Crippen LogP contribution in [0.3, 0.4) is 0 Å². The molecule has 0 saturated carbocycles. The fourth-order valence-corrected chi connectivity index (χ4v) is 1.22. The van der Waals surface area contributed by atoms with Crippen molar-refractivity contribution >= 4 is 0 Å². The van der Waals surface area contributed by atoms with Crippen LogP contribution in [0, 0.1) is 18.6 Å². The Hall–Kier alpha value is -0.960. The smallest absolute Gasteiger partial charge is 0.132 e. The lowest BCUT2D eigenvalue weighted by molar-refractivity contribution is 0.267. The van der Waals surface area contributed by atoms with Crippen molar-refractivity contribution in [1.82, 2.24) is 0 Å². The molecule has 1 aromatic carbocycles. The Bertz CT molecular complexity index is 310. The molecule has 1 atom stereocenters. The molecule has 3 heteroatoms. The van der Waals surface area contributed by atoms with Crippen LogP contribution in [0.15, 0.2) is 12.1 Å². The molecule has 0 heterocycles. The highest BCUT2D eigenvalue weighted by molar-refractivity contribution is 5.29. The maximum atomic E-state index is 13.3. The van der Waals surface area contributed by atoms with E-state index in [2.05, 4.69) is 0 Å². The molecule has 1 unspecified atom stereocenters. The highest BCUT2D eigenvalue weighted by atomic mass is 19.1. The summed E-state index contributed by atoms with van der Waals surface area (Å²) in [5.41, 5.74) is 0.374. The van der Waals surface area contributed by atoms with Crippen LogP contribution in [0.25, 0.3) is 0 Å². The number of aliphatic hydroxyl groups is 1. The molecule has 0 aliphatic heterocycles. The number of hydrogen-bond donors (Lipinski definition) is 1. The van der Waals surface area contributed by atoms with Crippen LogP contribution in [0.2, 0.25) is 0 Å². The highest BCUT2D eigenvalue weighted by Gasteiger charge is 2.16. The van der Waals surface area contributed by atoms with Crippen molar-refractivity contribution in [3.63, 3.8) is 0 Å². The van der Waals surface area contributed by atoms with Gasteiger partial charge in [-0.1, -0.05) is 13.0 Å². The third kappa shape index (κ3) is 1.86. The van der Waals surface area contributed by atoms with E-state index >= 15 is 0 Å². The summed E-state index contributed by atoms with van der Waals surface area (Å²) < 4.78 is 26.5. The first kappa shape index (κ1) is 10.1. The molecule has 1 rings (SSSR count). The van der Waals surface area contributed by atoms with Gasteiger partial charge in [0.15, 0.2) is 0 Å². The Morgan fingerprint density at radius 2 is 2.00 bits per heavy atom. The van der Waals surface area contributed by atoms with E-state index < -0.39 is 17.6 Å². The average molecular weight is 186 g/mol. The molecular weight excluding hydrogens is 174 g/mol. The van der Waals surface area contributed by atoms with E-state index in [0.29, 0.717) is 5.56 Å². The van der Waals surface area contributed by atoms with Gasteiger partial charge in [0, 0.05) is 18.1 Å². The van der Waals surface area contributed by atoms with E-state index in [0.717, 1.165) is 0 Å². The second-order valence-electron chi connectivity index (χ2n) is 3.18. The zero-order chi connectivity index (χ0) is 10.0. The Morgan fingerprint density at radius 1 is 1.38 bits per heavy atom. The van der Waals surface area contributed by atoms with Gasteiger partial charge in [0.05, 0.1) is 0 Å². The molecule has 0 fully saturated rings. The van der Waals surface area contributed by atoms with Crippen molar-refractivity contribution < 1.29 is 13.9 Å². The number of halogens is 2. The average Bonchev–Trinajstić information content (AvgIpc) is 2.12. The van der Waals surface area contributed by atoms with Crippen molar-refractivity contribution in [2.24, 2.45) is 0 Å². The van der Waals surface area contributed by atoms with Crippen LogP contribution >= 0.6 is 0 Å². The van der Waals surface area contributed by atoms with Crippen molar-refractivity contribution in [3.8, 4) is 0 Å². The molecule has 1 aromatic rings. The summed E-state index contributed by atoms with van der Waals surface area (Å²) >= 11 is 0. The predicted octanol–water partition coefficient (Wildman–Crippen LogP) is 2.37. The first-order valence-electron chi connectivity index (χ1n) is 4.13. The topological polar surface area (TPSA) is 20.2 Å². The molecule has 0 saturated heterocycles. The molecule has 13 heavy (non-hydrogen) atoms. The van der Waals surface area contributed by atoms with Gasteiger partial charge in [-0.2, -0.15) is 0 Å². The summed E-state index contributed by atoms with van der Waals surface area (Å²) in [5, 5.41) is 8.79. The summed E-state index contributed by atoms with van der Waals surface area (Å²) in [7, 11) is 0. The number of aryl methyl sites for hydroxylation is 1. The molecule has 0 radical (unpaired) electrons. The Balaban J connectivity index is 3.25. The first-order valence-corrected chi connectivity index (χ1v) is 4.13. The van der Waals surface area contributed by atoms with Crippen LogP contribution in [-0.2, 0) is 0 Å². The van der Waals surface area contributed by atoms with E-state index in [9.17, 15) is 8.78 Å². The lowest BCUT2D eigenvalue weighted by atomic mass is 9.98. The normalized spacial score (nSPS) is 13.0. The lowest BCUT2D eigenvalue weighted by Gasteiger charge is -2.11. The molecule has 0 bridgehead atoms. The maximum absolute atomic E-state index is 13.3. The molecule has 1 N–H and O–H groups in total. The Labute approximate surface area is 76.0 Å². The van der Waals surface area contributed by atoms with Gasteiger partial charge in [-0.25, -0.2) is 8.78 Å². The van der Waals surface area contributed by atoms with Crippen LogP contribution < -0.4 is 0 Å². The van der Waals surface area contributed by atoms with E-state index in [-0.39, 0.29) is 12.2 Å². The van der Waals surface area contributed by atoms with E-state index in [1.165, 1.54) is 12.1 Å². The van der Waals surface area contributed by atoms with Gasteiger partial charge in [0.2, 0.25) is 0 Å². The number of benzene rings is 1. The minimum Gasteiger partial charge on any atom is -0.396 e. The van der Waals surface area contributed by atoms with E-state index in [4.69, 9.17) is 5.11 Å². The van der Waals surface area contributed by atoms with Crippen LogP contribution in [0.4, 0.5) is 8.78 Å². The third-order valence-electron chi connectivity index (χ3n) is 2.09. The van der Waals surface area contributed by atoms with Crippen molar-refractivity contribution in [2.45, 2.75) is 19.8 Å². The zero-order valence-electron chi connectivity index (χ0n) is 7.64. The maximum Gasteiger partial charge on any atom is 0.132 e. The van der Waals surface area contributed by atoms with Crippen LogP contribution in [0.5, 0.6) is 0 Å². The predicted molar refractivity (Wildman–Crippen MR) is 46.6 cm³/mol. The summed E-state index contributed by atoms with van der Waals surface area (Å²) in [6, 6.07) is 2.61. The molecule has 0 aliphatic rings. The fraction of sp³-hybridized carbons (Fsp3) is 0.400. The molecule has 72 valence electrons. The summed E-state index contributed by atoms with van der Waals surface area (Å²) in [4.78, 5) is 0. The van der Waals surface area contributed by atoms with E-state index in [1.807, 2.05) is 0 Å². The highest BCUT2D eigenvalue weighted by Crippen LogP contribution is 2.23. The summed E-state index contributed by atoms with van der Waals surface area (Å²) in [6.45, 7) is 2.90. The van der Waals surface area contributed by atoms with Gasteiger partial charge in [-0.15, -0.1) is 0 Å². The quantitative estimate of drug-likeness (QED) is 0.751. The molecule has 0 spiro atoms. The van der Waals surface area contributed by atoms with Crippen molar-refractivity contribution in [2.75, 3.05) is 6.61 Å². The largest absolute Gasteiger partial charge is 0.396 e. The van der Waals surface area contributed by atoms with Gasteiger partial charge < -0.3 is 5.11 Å². The van der Waals surface area contributed by atoms with Gasteiger partial charge >= 0.3 is 0 Å². The fourth-order valence-electron chi connectivity index (χ4n) is 1.22. The Morgan fingerprint density at radius 3 is 2.54 bits per heavy atom. The minimum absolute atomic E-state index is 0.0255. The monoisotopic (exact) mass is 186 g/mol. The van der Waals surface area contributed by atoms with Crippen molar-refractivity contribution in [3.05, 3.63) is 34.9 Å². The molecular formula is C10H12F2O. The SMILES string of the molecule is Cc1ccc(F)c(C(C)CO)c1F. The minimum atomic E-state index is -0.593. The zero-order valence-corrected chi connectivity index (χ0v) is 7.64. The second-order valence-corrected chi connectivity index (χ2v) is 3.18. The van der Waals surface area contributed by atoms with Crippen molar-refractivity contribution in [1.29, 1.82) is 0 Å². The van der Waals surface area contributed by atoms with Gasteiger partial charge in [0.25, 0.3) is 0 Å². The van der Waals surface area contributed by atoms with Crippen LogP contribution in [0.1, 0.15) is 24.0 Å². The van der Waals surface area contributed by atoms with Gasteiger partial charge in [0.1, 0.15) is 11.6 Å². The van der Waals surface area contributed by atoms with E-state index in [1.54, 1.807) is 13.8 Å². The number of hydrogen-bond acceptors (Lipinski definition) is 1. The Kier molecular flexibility index (Phi) is 2.98. The first-order chi connectivity index (χ1) is 6.07. The number of rotatable bonds is 2. The third-order valence-corrected chi connectivity index (χ3v) is 2.09.